The second-order valence-electron chi connectivity index (χ2n) is 5.00. The average Bonchev–Trinajstić information content (AvgIpc) is 2.85. The fraction of sp³-hybridized carbons (Fsp3) is 0.692. The lowest BCUT2D eigenvalue weighted by Gasteiger charge is -2.16. The highest BCUT2D eigenvalue weighted by molar-refractivity contribution is 7.99. The van der Waals surface area contributed by atoms with E-state index in [4.69, 9.17) is 0 Å². The van der Waals surface area contributed by atoms with Gasteiger partial charge in [0.15, 0.2) is 0 Å². The first-order chi connectivity index (χ1) is 9.92. The predicted octanol–water partition coefficient (Wildman–Crippen LogP) is 3.62. The summed E-state index contributed by atoms with van der Waals surface area (Å²) >= 11 is 1.80. The van der Waals surface area contributed by atoms with E-state index in [0.717, 1.165) is 19.3 Å². The van der Waals surface area contributed by atoms with Crippen molar-refractivity contribution < 1.29 is 13.2 Å². The van der Waals surface area contributed by atoms with Crippen molar-refractivity contribution in [3.8, 4) is 0 Å². The molecule has 2 N–H and O–H groups in total. The van der Waals surface area contributed by atoms with Gasteiger partial charge in [0, 0.05) is 23.9 Å². The Bertz CT molecular complexity index is 481. The largest absolute Gasteiger partial charge is 0.451 e. The molecule has 0 radical (unpaired) electrons. The molecular weight excluding hydrogens is 301 g/mol. The molecule has 0 aromatic carbocycles. The minimum absolute atomic E-state index is 0.174. The first-order valence-corrected chi connectivity index (χ1v) is 8.20. The molecule has 2 unspecified atom stereocenters. The predicted molar refractivity (Wildman–Crippen MR) is 79.8 cm³/mol. The van der Waals surface area contributed by atoms with E-state index in [1.165, 1.54) is 6.07 Å². The molecule has 0 saturated heterocycles. The molecule has 4 nitrogen and oxygen atoms in total. The Morgan fingerprint density at radius 3 is 2.57 bits per heavy atom. The molecular formula is C13H19F3N4S. The van der Waals surface area contributed by atoms with Gasteiger partial charge in [-0.25, -0.2) is 9.97 Å². The van der Waals surface area contributed by atoms with Gasteiger partial charge in [-0.2, -0.15) is 24.9 Å². The van der Waals surface area contributed by atoms with Crippen LogP contribution in [0.3, 0.4) is 0 Å². The highest BCUT2D eigenvalue weighted by atomic mass is 32.2. The first kappa shape index (κ1) is 16.2. The third-order valence-electron chi connectivity index (χ3n) is 3.41. The van der Waals surface area contributed by atoms with Crippen molar-refractivity contribution in [2.45, 2.75) is 43.7 Å². The molecule has 21 heavy (non-hydrogen) atoms. The van der Waals surface area contributed by atoms with Crippen LogP contribution < -0.4 is 10.6 Å². The normalized spacial score (nSPS) is 22.3. The minimum Gasteiger partial charge on any atom is -0.370 e. The fourth-order valence-corrected chi connectivity index (χ4v) is 3.21. The number of halogens is 3. The maximum absolute atomic E-state index is 12.8. The molecule has 1 aromatic heterocycles. The van der Waals surface area contributed by atoms with Gasteiger partial charge < -0.3 is 10.6 Å². The molecule has 1 aliphatic carbocycles. The third-order valence-corrected chi connectivity index (χ3v) is 4.50. The van der Waals surface area contributed by atoms with E-state index >= 15 is 0 Å². The van der Waals surface area contributed by atoms with Crippen molar-refractivity contribution in [3.63, 3.8) is 0 Å². The van der Waals surface area contributed by atoms with Gasteiger partial charge in [-0.1, -0.05) is 0 Å². The molecule has 118 valence electrons. The summed E-state index contributed by atoms with van der Waals surface area (Å²) in [5.41, 5.74) is 0. The highest BCUT2D eigenvalue weighted by Crippen LogP contribution is 2.32. The second-order valence-corrected chi connectivity index (χ2v) is 6.14. The SMILES string of the molecule is CCNc1cc(NC2CCC(SC)C2)nc(C(F)(F)F)n1. The number of rotatable bonds is 5. The number of nitrogens with zero attached hydrogens (tertiary/aromatic N) is 2. The minimum atomic E-state index is -4.54. The van der Waals surface area contributed by atoms with Crippen LogP contribution in [-0.2, 0) is 6.18 Å². The monoisotopic (exact) mass is 320 g/mol. The number of nitrogens with one attached hydrogen (secondary N) is 2. The average molecular weight is 320 g/mol. The first-order valence-electron chi connectivity index (χ1n) is 6.92. The molecule has 0 aliphatic heterocycles. The van der Waals surface area contributed by atoms with Crippen LogP contribution in [0.5, 0.6) is 0 Å². The maximum Gasteiger partial charge on any atom is 0.451 e. The molecule has 0 spiro atoms. The Kier molecular flexibility index (Phi) is 5.18. The summed E-state index contributed by atoms with van der Waals surface area (Å²) in [6.45, 7) is 2.31. The van der Waals surface area contributed by atoms with Crippen LogP contribution >= 0.6 is 11.8 Å². The molecule has 1 aliphatic rings. The van der Waals surface area contributed by atoms with Gasteiger partial charge in [0.1, 0.15) is 11.6 Å². The quantitative estimate of drug-likeness (QED) is 0.868. The Morgan fingerprint density at radius 2 is 2.00 bits per heavy atom. The number of aromatic nitrogens is 2. The van der Waals surface area contributed by atoms with E-state index in [-0.39, 0.29) is 17.7 Å². The smallest absolute Gasteiger partial charge is 0.370 e. The lowest BCUT2D eigenvalue weighted by Crippen LogP contribution is -2.20. The van der Waals surface area contributed by atoms with Crippen LogP contribution in [-0.4, -0.2) is 34.1 Å². The van der Waals surface area contributed by atoms with Gasteiger partial charge in [0.25, 0.3) is 0 Å². The summed E-state index contributed by atoms with van der Waals surface area (Å²) in [6, 6.07) is 1.71. The Morgan fingerprint density at radius 1 is 1.29 bits per heavy atom. The molecule has 8 heteroatoms. The third kappa shape index (κ3) is 4.39. The van der Waals surface area contributed by atoms with Crippen LogP contribution in [0.15, 0.2) is 6.07 Å². The summed E-state index contributed by atoms with van der Waals surface area (Å²) in [5.74, 6) is -0.676. The fourth-order valence-electron chi connectivity index (χ4n) is 2.41. The Hall–Kier alpha value is -1.18. The van der Waals surface area contributed by atoms with Crippen LogP contribution in [0.1, 0.15) is 32.0 Å². The summed E-state index contributed by atoms with van der Waals surface area (Å²) in [5, 5.41) is 6.49. The zero-order valence-corrected chi connectivity index (χ0v) is 12.8. The number of hydrogen-bond donors (Lipinski definition) is 2. The summed E-state index contributed by atoms with van der Waals surface area (Å²) in [7, 11) is 0. The Balaban J connectivity index is 2.16. The summed E-state index contributed by atoms with van der Waals surface area (Å²) < 4.78 is 38.5. The maximum atomic E-state index is 12.8. The van der Waals surface area contributed by atoms with Gasteiger partial charge in [-0.05, 0) is 32.4 Å². The number of anilines is 2. The lowest BCUT2D eigenvalue weighted by atomic mass is 10.2. The molecule has 1 heterocycles. The van der Waals surface area contributed by atoms with Crippen LogP contribution in [0.25, 0.3) is 0 Å². The van der Waals surface area contributed by atoms with Crippen molar-refractivity contribution in [1.82, 2.24) is 9.97 Å². The molecule has 1 saturated carbocycles. The molecule has 0 bridgehead atoms. The standard InChI is InChI=1S/C13H19F3N4S/c1-3-17-10-7-11(20-12(19-10)13(14,15)16)18-8-4-5-9(6-8)21-2/h7-9H,3-6H2,1-2H3,(H2,17,18,19,20). The molecule has 2 rings (SSSR count). The zero-order valence-electron chi connectivity index (χ0n) is 12.0. The van der Waals surface area contributed by atoms with Crippen molar-refractivity contribution in [2.75, 3.05) is 23.4 Å². The molecule has 0 amide bonds. The van der Waals surface area contributed by atoms with Gasteiger partial charge in [-0.3, -0.25) is 0 Å². The van der Waals surface area contributed by atoms with Crippen molar-refractivity contribution in [3.05, 3.63) is 11.9 Å². The van der Waals surface area contributed by atoms with Gasteiger partial charge in [-0.15, -0.1) is 0 Å². The summed E-state index contributed by atoms with van der Waals surface area (Å²) in [6.07, 6.45) is 0.495. The van der Waals surface area contributed by atoms with E-state index in [0.29, 0.717) is 11.8 Å². The number of hydrogen-bond acceptors (Lipinski definition) is 5. The topological polar surface area (TPSA) is 49.8 Å². The number of alkyl halides is 3. The van der Waals surface area contributed by atoms with Crippen molar-refractivity contribution >= 4 is 23.4 Å². The molecule has 1 aromatic rings. The van der Waals surface area contributed by atoms with Crippen LogP contribution in [0.4, 0.5) is 24.8 Å². The van der Waals surface area contributed by atoms with E-state index in [2.05, 4.69) is 26.9 Å². The van der Waals surface area contributed by atoms with Crippen molar-refractivity contribution in [2.24, 2.45) is 0 Å². The number of thioether (sulfide) groups is 1. The van der Waals surface area contributed by atoms with E-state index < -0.39 is 12.0 Å². The van der Waals surface area contributed by atoms with E-state index in [9.17, 15) is 13.2 Å². The Labute approximate surface area is 126 Å². The van der Waals surface area contributed by atoms with Gasteiger partial charge >= 0.3 is 6.18 Å². The highest BCUT2D eigenvalue weighted by Gasteiger charge is 2.35. The second kappa shape index (κ2) is 6.72. The van der Waals surface area contributed by atoms with Crippen LogP contribution in [0.2, 0.25) is 0 Å². The van der Waals surface area contributed by atoms with E-state index in [1.807, 2.05) is 6.92 Å². The zero-order chi connectivity index (χ0) is 15.5. The lowest BCUT2D eigenvalue weighted by molar-refractivity contribution is -0.144. The summed E-state index contributed by atoms with van der Waals surface area (Å²) in [4.78, 5) is 7.12. The van der Waals surface area contributed by atoms with Gasteiger partial charge in [0.2, 0.25) is 5.82 Å². The van der Waals surface area contributed by atoms with E-state index in [1.54, 1.807) is 11.8 Å². The molecule has 2 atom stereocenters. The van der Waals surface area contributed by atoms with Gasteiger partial charge in [0.05, 0.1) is 0 Å². The molecule has 1 fully saturated rings. The van der Waals surface area contributed by atoms with Crippen LogP contribution in [0, 0.1) is 0 Å². The van der Waals surface area contributed by atoms with Crippen molar-refractivity contribution in [1.29, 1.82) is 0 Å².